The molecule has 2 fully saturated rings. The van der Waals surface area contributed by atoms with Gasteiger partial charge in [-0.25, -0.2) is 19.1 Å². The first-order valence-electron chi connectivity index (χ1n) is 16.2. The number of likely N-dealkylation sites (tertiary alicyclic amines) is 1. The summed E-state index contributed by atoms with van der Waals surface area (Å²) in [4.78, 5) is 36.1. The largest absolute Gasteiger partial charge is 0.458 e. The Labute approximate surface area is 266 Å². The molecule has 5 rings (SSSR count). The Balaban J connectivity index is 1.62. The summed E-state index contributed by atoms with van der Waals surface area (Å²) in [5, 5.41) is 13.6. The van der Waals surface area contributed by atoms with Crippen molar-refractivity contribution in [2.75, 3.05) is 32.1 Å². The number of aromatic amines is 1. The van der Waals surface area contributed by atoms with Crippen LogP contribution in [0.1, 0.15) is 88.7 Å². The number of fused-ring (bicyclic) bond motifs is 1. The first-order chi connectivity index (χ1) is 21.2. The molecule has 10 heteroatoms. The fraction of sp³-hybridized carbons (Fsp3) is 0.600. The number of H-pyrrole nitrogens is 1. The maximum absolute atomic E-state index is 14.3. The number of carbonyl (C=O) groups excluding carboxylic acids is 2. The number of esters is 1. The van der Waals surface area contributed by atoms with E-state index in [0.29, 0.717) is 30.7 Å². The van der Waals surface area contributed by atoms with Crippen LogP contribution in [0.25, 0.3) is 17.0 Å². The lowest BCUT2D eigenvalue weighted by Crippen LogP contribution is -2.45. The number of aromatic nitrogens is 3. The van der Waals surface area contributed by atoms with Gasteiger partial charge < -0.3 is 19.3 Å². The Bertz CT molecular complexity index is 1620. The van der Waals surface area contributed by atoms with E-state index in [1.807, 2.05) is 44.1 Å². The molecule has 4 unspecified atom stereocenters. The van der Waals surface area contributed by atoms with Crippen molar-refractivity contribution in [2.45, 2.75) is 80.3 Å². The number of rotatable bonds is 6. The summed E-state index contributed by atoms with van der Waals surface area (Å²) < 4.78 is 13.8. The molecule has 0 radical (unpaired) electrons. The molecule has 2 aliphatic rings. The summed E-state index contributed by atoms with van der Waals surface area (Å²) in [7, 11) is 3.95. The van der Waals surface area contributed by atoms with Gasteiger partial charge in [0.25, 0.3) is 0 Å². The minimum Gasteiger partial charge on any atom is -0.458 e. The van der Waals surface area contributed by atoms with Crippen LogP contribution in [0, 0.1) is 47.3 Å². The lowest BCUT2D eigenvalue weighted by molar-refractivity contribution is -0.0641. The van der Waals surface area contributed by atoms with Crippen molar-refractivity contribution in [3.8, 4) is 23.3 Å². The number of benzene rings is 1. The summed E-state index contributed by atoms with van der Waals surface area (Å²) in [6.45, 7) is 16.2. The highest BCUT2D eigenvalue weighted by Crippen LogP contribution is 2.45. The van der Waals surface area contributed by atoms with E-state index in [2.05, 4.69) is 52.7 Å². The quantitative estimate of drug-likeness (QED) is 0.295. The number of anilines is 1. The summed E-state index contributed by atoms with van der Waals surface area (Å²) in [5.41, 5.74) is 2.98. The molecule has 1 saturated carbocycles. The molecule has 45 heavy (non-hydrogen) atoms. The predicted octanol–water partition coefficient (Wildman–Crippen LogP) is 7.06. The second kappa shape index (κ2) is 12.4. The van der Waals surface area contributed by atoms with E-state index < -0.39 is 12.1 Å². The standard InChI is InChI=1S/C35H48N6O4/c1-20(2)24-11-10-12-26(35(5,6)7)29(24)44-33(42)28-25(18-36)32(45-34(43)40-16-15-21(3)19-40)41-31(28)37-30(38-41)23-14-13-22(4)27(17-23)39(8)9/h13-14,17,20-21,24,26,29H,10-12,15-16,19H2,1-9H3,(H,37,38). The van der Waals surface area contributed by atoms with Crippen LogP contribution in [0.2, 0.25) is 0 Å². The van der Waals surface area contributed by atoms with Crippen LogP contribution < -0.4 is 9.64 Å². The van der Waals surface area contributed by atoms with Gasteiger partial charge in [-0.3, -0.25) is 5.10 Å². The molecule has 0 spiro atoms. The van der Waals surface area contributed by atoms with Gasteiger partial charge in [0.2, 0.25) is 5.88 Å². The summed E-state index contributed by atoms with van der Waals surface area (Å²) in [6.07, 6.45) is 3.03. The van der Waals surface area contributed by atoms with E-state index in [0.717, 1.165) is 42.5 Å². The molecule has 1 amide bonds. The summed E-state index contributed by atoms with van der Waals surface area (Å²) in [6, 6.07) is 8.11. The Hall–Kier alpha value is -4.00. The molecule has 1 aliphatic heterocycles. The third kappa shape index (κ3) is 6.27. The molecule has 3 heterocycles. The van der Waals surface area contributed by atoms with E-state index >= 15 is 0 Å². The highest BCUT2D eigenvalue weighted by Gasteiger charge is 2.44. The van der Waals surface area contributed by atoms with Crippen molar-refractivity contribution in [1.29, 1.82) is 5.26 Å². The van der Waals surface area contributed by atoms with Crippen molar-refractivity contribution in [3.05, 3.63) is 34.9 Å². The van der Waals surface area contributed by atoms with Crippen molar-refractivity contribution in [3.63, 3.8) is 0 Å². The first kappa shape index (κ1) is 32.4. The predicted molar refractivity (Wildman–Crippen MR) is 174 cm³/mol. The maximum atomic E-state index is 14.3. The number of hydrogen-bond donors (Lipinski definition) is 1. The van der Waals surface area contributed by atoms with Crippen LogP contribution in [0.3, 0.4) is 0 Å². The number of hydrogen-bond acceptors (Lipinski definition) is 7. The average Bonchev–Trinajstić information content (AvgIpc) is 3.67. The van der Waals surface area contributed by atoms with Gasteiger partial charge in [0, 0.05) is 44.4 Å². The first-order valence-corrected chi connectivity index (χ1v) is 16.2. The number of carbonyl (C=O) groups is 2. The maximum Gasteiger partial charge on any atom is 0.416 e. The van der Waals surface area contributed by atoms with Crippen LogP contribution in [0.15, 0.2) is 18.2 Å². The molecule has 1 saturated heterocycles. The monoisotopic (exact) mass is 616 g/mol. The zero-order valence-electron chi connectivity index (χ0n) is 28.2. The minimum atomic E-state index is -0.621. The van der Waals surface area contributed by atoms with E-state index in [1.54, 1.807) is 4.90 Å². The number of amides is 1. The minimum absolute atomic E-state index is 0.0123. The fourth-order valence-corrected chi connectivity index (χ4v) is 7.19. The second-order valence-corrected chi connectivity index (χ2v) is 14.7. The Morgan fingerprint density at radius 1 is 1.18 bits per heavy atom. The number of nitrogens with zero attached hydrogens (tertiary/aromatic N) is 5. The molecule has 1 aliphatic carbocycles. The number of ether oxygens (including phenoxy) is 2. The second-order valence-electron chi connectivity index (χ2n) is 14.7. The molecular formula is C35H48N6O4. The van der Waals surface area contributed by atoms with Gasteiger partial charge in [0.1, 0.15) is 23.3 Å². The van der Waals surface area contributed by atoms with Gasteiger partial charge in [0.05, 0.1) is 0 Å². The van der Waals surface area contributed by atoms with Crippen molar-refractivity contribution in [2.24, 2.45) is 29.1 Å². The van der Waals surface area contributed by atoms with Gasteiger partial charge >= 0.3 is 12.1 Å². The van der Waals surface area contributed by atoms with Crippen LogP contribution in [0.5, 0.6) is 5.88 Å². The Morgan fingerprint density at radius 3 is 2.51 bits per heavy atom. The summed E-state index contributed by atoms with van der Waals surface area (Å²) >= 11 is 0. The molecular weight excluding hydrogens is 568 g/mol. The van der Waals surface area contributed by atoms with Gasteiger partial charge in [0.15, 0.2) is 11.5 Å². The third-order valence-corrected chi connectivity index (χ3v) is 9.77. The molecule has 4 atom stereocenters. The smallest absolute Gasteiger partial charge is 0.416 e. The number of nitriles is 1. The molecule has 3 aromatic rings. The highest BCUT2D eigenvalue weighted by atomic mass is 16.6. The average molecular weight is 617 g/mol. The normalized spacial score (nSPS) is 22.1. The van der Waals surface area contributed by atoms with E-state index in [-0.39, 0.29) is 46.0 Å². The SMILES string of the molecule is Cc1ccc(-c2nc3c(C(=O)OC4C(C(C)C)CCCC4C(C)(C)C)c(C#N)c(OC(=O)N4CCC(C)C4)n3[nH]2)cc1N(C)C. The molecule has 1 N–H and O–H groups in total. The zero-order valence-corrected chi connectivity index (χ0v) is 28.2. The van der Waals surface area contributed by atoms with Gasteiger partial charge in [-0.2, -0.15) is 5.26 Å². The topological polar surface area (TPSA) is 116 Å². The molecule has 0 bridgehead atoms. The lowest BCUT2D eigenvalue weighted by atomic mass is 9.65. The fourth-order valence-electron chi connectivity index (χ4n) is 7.19. The zero-order chi connectivity index (χ0) is 32.8. The van der Waals surface area contributed by atoms with Crippen molar-refractivity contribution < 1.29 is 19.1 Å². The van der Waals surface area contributed by atoms with Gasteiger partial charge in [-0.15, -0.1) is 0 Å². The van der Waals surface area contributed by atoms with E-state index in [4.69, 9.17) is 14.5 Å². The Kier molecular flexibility index (Phi) is 8.94. The lowest BCUT2D eigenvalue weighted by Gasteiger charge is -2.45. The van der Waals surface area contributed by atoms with Crippen LogP contribution in [-0.2, 0) is 4.74 Å². The number of nitrogens with one attached hydrogen (secondary N) is 1. The molecule has 10 nitrogen and oxygen atoms in total. The molecule has 242 valence electrons. The van der Waals surface area contributed by atoms with E-state index in [9.17, 15) is 14.9 Å². The third-order valence-electron chi connectivity index (χ3n) is 9.77. The van der Waals surface area contributed by atoms with Gasteiger partial charge in [-0.05, 0) is 61.0 Å². The van der Waals surface area contributed by atoms with Gasteiger partial charge in [-0.1, -0.05) is 60.1 Å². The Morgan fingerprint density at radius 2 is 1.91 bits per heavy atom. The number of aryl methyl sites for hydroxylation is 1. The highest BCUT2D eigenvalue weighted by molar-refractivity contribution is 6.01. The summed E-state index contributed by atoms with van der Waals surface area (Å²) in [5.74, 6) is 0.828. The van der Waals surface area contributed by atoms with Crippen molar-refractivity contribution in [1.82, 2.24) is 19.5 Å². The van der Waals surface area contributed by atoms with E-state index in [1.165, 1.54) is 4.52 Å². The molecule has 2 aromatic heterocycles. The molecule has 1 aromatic carbocycles. The van der Waals surface area contributed by atoms with Crippen molar-refractivity contribution >= 4 is 23.4 Å². The van der Waals surface area contributed by atoms with Crippen LogP contribution in [0.4, 0.5) is 10.5 Å². The van der Waals surface area contributed by atoms with Crippen LogP contribution >= 0.6 is 0 Å². The van der Waals surface area contributed by atoms with Crippen LogP contribution in [-0.4, -0.2) is 64.8 Å².